The lowest BCUT2D eigenvalue weighted by molar-refractivity contribution is 1.19. The summed E-state index contributed by atoms with van der Waals surface area (Å²) in [5.74, 6) is 0.553. The van der Waals surface area contributed by atoms with Gasteiger partial charge in [0.1, 0.15) is 11.9 Å². The van der Waals surface area contributed by atoms with Crippen LogP contribution in [0.3, 0.4) is 0 Å². The van der Waals surface area contributed by atoms with Crippen molar-refractivity contribution in [3.05, 3.63) is 52.2 Å². The highest BCUT2D eigenvalue weighted by atomic mass is 35.5. The van der Waals surface area contributed by atoms with Crippen LogP contribution in [0.2, 0.25) is 5.02 Å². The number of hydrogen-bond donors (Lipinski definition) is 1. The Kier molecular flexibility index (Phi) is 3.50. The molecule has 0 unspecified atom stereocenters. The predicted molar refractivity (Wildman–Crippen MR) is 73.2 cm³/mol. The van der Waals surface area contributed by atoms with E-state index in [1.807, 2.05) is 38.1 Å². The number of rotatable bonds is 2. The first-order valence-corrected chi connectivity index (χ1v) is 5.89. The highest BCUT2D eigenvalue weighted by Crippen LogP contribution is 2.24. The van der Waals surface area contributed by atoms with Crippen molar-refractivity contribution in [1.29, 1.82) is 5.26 Å². The number of nitrogens with one attached hydrogen (secondary N) is 1. The van der Waals surface area contributed by atoms with Gasteiger partial charge in [0, 0.05) is 16.4 Å². The fourth-order valence-corrected chi connectivity index (χ4v) is 1.73. The molecule has 0 aliphatic heterocycles. The van der Waals surface area contributed by atoms with Gasteiger partial charge >= 0.3 is 0 Å². The van der Waals surface area contributed by atoms with E-state index in [-0.39, 0.29) is 0 Å². The van der Waals surface area contributed by atoms with Gasteiger partial charge in [-0.05, 0) is 43.7 Å². The maximum absolute atomic E-state index is 9.03. The Morgan fingerprint density at radius 3 is 2.67 bits per heavy atom. The van der Waals surface area contributed by atoms with Gasteiger partial charge in [0.25, 0.3) is 0 Å². The minimum Gasteiger partial charge on any atom is -0.339 e. The van der Waals surface area contributed by atoms with Crippen molar-refractivity contribution in [3.8, 4) is 6.07 Å². The molecule has 1 aromatic carbocycles. The second-order valence-corrected chi connectivity index (χ2v) is 4.46. The van der Waals surface area contributed by atoms with Crippen molar-refractivity contribution in [2.24, 2.45) is 0 Å². The minimum absolute atomic E-state index is 0.511. The number of hydrogen-bond acceptors (Lipinski definition) is 3. The number of nitrogens with zero attached hydrogens (tertiary/aromatic N) is 2. The van der Waals surface area contributed by atoms with Crippen molar-refractivity contribution in [1.82, 2.24) is 4.98 Å². The molecular formula is C14H12ClN3. The molecule has 1 aromatic heterocycles. The van der Waals surface area contributed by atoms with Crippen LogP contribution in [-0.2, 0) is 0 Å². The SMILES string of the molecule is Cc1ccc(C#N)c(Nc2ccc(C)c(Cl)c2)n1. The van der Waals surface area contributed by atoms with E-state index < -0.39 is 0 Å². The van der Waals surface area contributed by atoms with E-state index in [1.54, 1.807) is 6.07 Å². The normalized spacial score (nSPS) is 9.89. The quantitative estimate of drug-likeness (QED) is 0.886. The monoisotopic (exact) mass is 257 g/mol. The third kappa shape index (κ3) is 2.61. The molecule has 2 aromatic rings. The molecule has 4 heteroatoms. The lowest BCUT2D eigenvalue weighted by Crippen LogP contribution is -1.98. The number of aryl methyl sites for hydroxylation is 2. The number of nitriles is 1. The first-order chi connectivity index (χ1) is 8.60. The van der Waals surface area contributed by atoms with E-state index in [9.17, 15) is 0 Å². The molecule has 2 rings (SSSR count). The zero-order chi connectivity index (χ0) is 13.1. The highest BCUT2D eigenvalue weighted by molar-refractivity contribution is 6.31. The fraction of sp³-hybridized carbons (Fsp3) is 0.143. The molecule has 0 aliphatic carbocycles. The molecule has 0 fully saturated rings. The predicted octanol–water partition coefficient (Wildman–Crippen LogP) is 3.97. The molecule has 0 bridgehead atoms. The lowest BCUT2D eigenvalue weighted by atomic mass is 10.2. The van der Waals surface area contributed by atoms with E-state index in [0.29, 0.717) is 16.4 Å². The van der Waals surface area contributed by atoms with Gasteiger partial charge in [0.2, 0.25) is 0 Å². The molecule has 90 valence electrons. The van der Waals surface area contributed by atoms with E-state index in [1.165, 1.54) is 0 Å². The van der Waals surface area contributed by atoms with Gasteiger partial charge in [-0.15, -0.1) is 0 Å². The standard InChI is InChI=1S/C14H12ClN3/c1-9-3-6-12(7-13(9)15)18-14-11(8-16)5-4-10(2)17-14/h3-7H,1-2H3,(H,17,18). The van der Waals surface area contributed by atoms with Crippen LogP contribution in [-0.4, -0.2) is 4.98 Å². The van der Waals surface area contributed by atoms with Gasteiger partial charge in [-0.25, -0.2) is 4.98 Å². The number of aromatic nitrogens is 1. The maximum atomic E-state index is 9.03. The van der Waals surface area contributed by atoms with Crippen LogP contribution in [0.4, 0.5) is 11.5 Å². The van der Waals surface area contributed by atoms with E-state index in [4.69, 9.17) is 16.9 Å². The summed E-state index contributed by atoms with van der Waals surface area (Å²) in [6.07, 6.45) is 0. The van der Waals surface area contributed by atoms with Crippen molar-refractivity contribution in [3.63, 3.8) is 0 Å². The Labute approximate surface area is 111 Å². The van der Waals surface area contributed by atoms with E-state index >= 15 is 0 Å². The van der Waals surface area contributed by atoms with Gasteiger partial charge in [-0.1, -0.05) is 17.7 Å². The van der Waals surface area contributed by atoms with Crippen LogP contribution in [0.5, 0.6) is 0 Å². The average molecular weight is 258 g/mol. The van der Waals surface area contributed by atoms with Gasteiger partial charge in [0.15, 0.2) is 0 Å². The fourth-order valence-electron chi connectivity index (χ4n) is 1.55. The largest absolute Gasteiger partial charge is 0.339 e. The van der Waals surface area contributed by atoms with Gasteiger partial charge in [-0.3, -0.25) is 0 Å². The zero-order valence-electron chi connectivity index (χ0n) is 10.2. The first kappa shape index (κ1) is 12.4. The minimum atomic E-state index is 0.511. The Morgan fingerprint density at radius 1 is 1.22 bits per heavy atom. The van der Waals surface area contributed by atoms with Crippen LogP contribution < -0.4 is 5.32 Å². The third-order valence-corrected chi connectivity index (χ3v) is 3.00. The van der Waals surface area contributed by atoms with Crippen LogP contribution in [0.15, 0.2) is 30.3 Å². The number of halogens is 1. The van der Waals surface area contributed by atoms with Crippen molar-refractivity contribution in [2.45, 2.75) is 13.8 Å². The Morgan fingerprint density at radius 2 is 2.00 bits per heavy atom. The molecule has 1 heterocycles. The Balaban J connectivity index is 2.36. The topological polar surface area (TPSA) is 48.7 Å². The number of benzene rings is 1. The van der Waals surface area contributed by atoms with Crippen LogP contribution in [0, 0.1) is 25.2 Å². The molecule has 0 saturated heterocycles. The summed E-state index contributed by atoms with van der Waals surface area (Å²) in [5.41, 5.74) is 3.20. The summed E-state index contributed by atoms with van der Waals surface area (Å²) in [6.45, 7) is 3.83. The summed E-state index contributed by atoms with van der Waals surface area (Å²) in [6, 6.07) is 11.3. The lowest BCUT2D eigenvalue weighted by Gasteiger charge is -2.09. The Hall–Kier alpha value is -2.05. The molecule has 3 nitrogen and oxygen atoms in total. The smallest absolute Gasteiger partial charge is 0.148 e. The van der Waals surface area contributed by atoms with Crippen LogP contribution in [0.1, 0.15) is 16.8 Å². The average Bonchev–Trinajstić information content (AvgIpc) is 2.34. The number of pyridine rings is 1. The molecular weight excluding hydrogens is 246 g/mol. The molecule has 0 atom stereocenters. The summed E-state index contributed by atoms with van der Waals surface area (Å²) in [4.78, 5) is 4.31. The molecule has 0 amide bonds. The maximum Gasteiger partial charge on any atom is 0.148 e. The second-order valence-electron chi connectivity index (χ2n) is 4.05. The third-order valence-electron chi connectivity index (χ3n) is 2.59. The summed E-state index contributed by atoms with van der Waals surface area (Å²) < 4.78 is 0. The molecule has 0 radical (unpaired) electrons. The van der Waals surface area contributed by atoms with E-state index in [2.05, 4.69) is 16.4 Å². The molecule has 18 heavy (non-hydrogen) atoms. The summed E-state index contributed by atoms with van der Waals surface area (Å²) >= 11 is 6.06. The van der Waals surface area contributed by atoms with E-state index in [0.717, 1.165) is 16.9 Å². The molecule has 1 N–H and O–H groups in total. The highest BCUT2D eigenvalue weighted by Gasteiger charge is 2.05. The summed E-state index contributed by atoms with van der Waals surface area (Å²) in [5, 5.41) is 12.8. The molecule has 0 saturated carbocycles. The van der Waals surface area contributed by atoms with Crippen molar-refractivity contribution >= 4 is 23.1 Å². The van der Waals surface area contributed by atoms with Crippen LogP contribution >= 0.6 is 11.6 Å². The zero-order valence-corrected chi connectivity index (χ0v) is 10.9. The Bertz CT molecular complexity index is 629. The van der Waals surface area contributed by atoms with Gasteiger partial charge in [0.05, 0.1) is 5.56 Å². The molecule has 0 spiro atoms. The first-order valence-electron chi connectivity index (χ1n) is 5.51. The van der Waals surface area contributed by atoms with Crippen molar-refractivity contribution < 1.29 is 0 Å². The van der Waals surface area contributed by atoms with Gasteiger partial charge in [-0.2, -0.15) is 5.26 Å². The van der Waals surface area contributed by atoms with Crippen molar-refractivity contribution in [2.75, 3.05) is 5.32 Å². The molecule has 0 aliphatic rings. The second kappa shape index (κ2) is 5.07. The van der Waals surface area contributed by atoms with Gasteiger partial charge < -0.3 is 5.32 Å². The number of anilines is 2. The van der Waals surface area contributed by atoms with Crippen LogP contribution in [0.25, 0.3) is 0 Å². The summed E-state index contributed by atoms with van der Waals surface area (Å²) in [7, 11) is 0.